The Labute approximate surface area is 87.0 Å². The molecule has 0 radical (unpaired) electrons. The molecule has 1 amide bonds. The predicted octanol–water partition coefficient (Wildman–Crippen LogP) is -0.00840. The Hall–Kier alpha value is -1.40. The summed E-state index contributed by atoms with van der Waals surface area (Å²) in [5, 5.41) is 9.32. The molecule has 0 spiro atoms. The van der Waals surface area contributed by atoms with Gasteiger partial charge in [0.25, 0.3) is 0 Å². The molecule has 15 heavy (non-hydrogen) atoms. The number of rotatable bonds is 3. The summed E-state index contributed by atoms with van der Waals surface area (Å²) in [6, 6.07) is 0. The molecule has 0 aliphatic carbocycles. The minimum absolute atomic E-state index is 0.0430. The molecular weight excluding hydrogens is 198 g/mol. The molecular formula is C9H13N3O3. The first kappa shape index (κ1) is 10.1. The van der Waals surface area contributed by atoms with E-state index >= 15 is 0 Å². The van der Waals surface area contributed by atoms with E-state index in [1.807, 2.05) is 0 Å². The smallest absolute Gasteiger partial charge is 0.227 e. The summed E-state index contributed by atoms with van der Waals surface area (Å²) in [7, 11) is 0. The number of nitrogens with one attached hydrogen (secondary N) is 2. The van der Waals surface area contributed by atoms with Crippen LogP contribution in [-0.2, 0) is 9.53 Å². The van der Waals surface area contributed by atoms with Crippen LogP contribution in [0, 0.1) is 0 Å². The highest BCUT2D eigenvalue weighted by Gasteiger charge is 2.17. The van der Waals surface area contributed by atoms with Crippen LogP contribution in [0.3, 0.4) is 0 Å². The molecule has 1 aliphatic heterocycles. The van der Waals surface area contributed by atoms with Crippen molar-refractivity contribution < 1.29 is 14.1 Å². The van der Waals surface area contributed by atoms with Gasteiger partial charge in [0.1, 0.15) is 12.0 Å². The van der Waals surface area contributed by atoms with Gasteiger partial charge in [-0.2, -0.15) is 0 Å². The summed E-state index contributed by atoms with van der Waals surface area (Å²) in [5.74, 6) is -0.0908. The minimum Gasteiger partial charge on any atom is -0.375 e. The van der Waals surface area contributed by atoms with Crippen LogP contribution in [0.4, 0.5) is 5.69 Å². The monoisotopic (exact) mass is 211 g/mol. The standard InChI is InChI=1S/C9H13N3O3/c13-9(12-7-4-11-15-6-7)3-8-5-10-1-2-14-8/h4,6,8,10H,1-3,5H2,(H,12,13). The van der Waals surface area contributed by atoms with Gasteiger partial charge in [0.05, 0.1) is 25.3 Å². The Morgan fingerprint density at radius 1 is 1.73 bits per heavy atom. The second-order valence-electron chi connectivity index (χ2n) is 3.36. The first-order valence-electron chi connectivity index (χ1n) is 4.86. The van der Waals surface area contributed by atoms with Crippen LogP contribution < -0.4 is 10.6 Å². The number of hydrogen-bond acceptors (Lipinski definition) is 5. The van der Waals surface area contributed by atoms with Crippen molar-refractivity contribution in [3.8, 4) is 0 Å². The maximum absolute atomic E-state index is 11.5. The molecule has 1 aromatic rings. The van der Waals surface area contributed by atoms with Gasteiger partial charge in [0.2, 0.25) is 5.91 Å². The summed E-state index contributed by atoms with van der Waals surface area (Å²) < 4.78 is 10.0. The SMILES string of the molecule is O=C(CC1CNCCO1)Nc1cnoc1. The van der Waals surface area contributed by atoms with Crippen molar-refractivity contribution in [3.63, 3.8) is 0 Å². The highest BCUT2D eigenvalue weighted by atomic mass is 16.5. The Morgan fingerprint density at radius 2 is 2.67 bits per heavy atom. The lowest BCUT2D eigenvalue weighted by Gasteiger charge is -2.22. The van der Waals surface area contributed by atoms with Crippen molar-refractivity contribution in [3.05, 3.63) is 12.5 Å². The number of amides is 1. The van der Waals surface area contributed by atoms with Crippen molar-refractivity contribution in [1.82, 2.24) is 10.5 Å². The van der Waals surface area contributed by atoms with Gasteiger partial charge in [-0.15, -0.1) is 0 Å². The van der Waals surface area contributed by atoms with Gasteiger partial charge in [-0.3, -0.25) is 4.79 Å². The molecule has 2 heterocycles. The summed E-state index contributed by atoms with van der Waals surface area (Å²) in [6.07, 6.45) is 3.15. The van der Waals surface area contributed by atoms with Crippen LogP contribution in [0.25, 0.3) is 0 Å². The molecule has 6 nitrogen and oxygen atoms in total. The molecule has 82 valence electrons. The maximum Gasteiger partial charge on any atom is 0.227 e. The van der Waals surface area contributed by atoms with Gasteiger partial charge in [-0.05, 0) is 0 Å². The lowest BCUT2D eigenvalue weighted by Crippen LogP contribution is -2.40. The van der Waals surface area contributed by atoms with Gasteiger partial charge in [-0.25, -0.2) is 0 Å². The number of ether oxygens (including phenoxy) is 1. The number of morpholine rings is 1. The van der Waals surface area contributed by atoms with Crippen LogP contribution in [-0.4, -0.2) is 36.9 Å². The molecule has 1 aliphatic rings. The number of hydrogen-bond donors (Lipinski definition) is 2. The number of carbonyl (C=O) groups excluding carboxylic acids is 1. The lowest BCUT2D eigenvalue weighted by molar-refractivity contribution is -0.119. The largest absolute Gasteiger partial charge is 0.375 e. The molecule has 1 atom stereocenters. The van der Waals surface area contributed by atoms with E-state index in [9.17, 15) is 4.79 Å². The van der Waals surface area contributed by atoms with Crippen molar-refractivity contribution >= 4 is 11.6 Å². The van der Waals surface area contributed by atoms with Gasteiger partial charge in [0.15, 0.2) is 0 Å². The second kappa shape index (κ2) is 4.90. The fourth-order valence-corrected chi connectivity index (χ4v) is 1.44. The van der Waals surface area contributed by atoms with Gasteiger partial charge < -0.3 is 19.9 Å². The average Bonchev–Trinajstić information content (AvgIpc) is 2.71. The zero-order valence-electron chi connectivity index (χ0n) is 8.23. The van der Waals surface area contributed by atoms with E-state index in [1.165, 1.54) is 12.5 Å². The Bertz CT molecular complexity index is 306. The fourth-order valence-electron chi connectivity index (χ4n) is 1.44. The average molecular weight is 211 g/mol. The predicted molar refractivity (Wildman–Crippen MR) is 52.4 cm³/mol. The van der Waals surface area contributed by atoms with E-state index in [2.05, 4.69) is 20.3 Å². The van der Waals surface area contributed by atoms with Crippen molar-refractivity contribution in [2.24, 2.45) is 0 Å². The molecule has 1 saturated heterocycles. The fraction of sp³-hybridized carbons (Fsp3) is 0.556. The maximum atomic E-state index is 11.5. The summed E-state index contributed by atoms with van der Waals surface area (Å²) >= 11 is 0. The Kier molecular flexibility index (Phi) is 3.31. The zero-order valence-corrected chi connectivity index (χ0v) is 8.23. The molecule has 2 rings (SSSR count). The van der Waals surface area contributed by atoms with Crippen LogP contribution >= 0.6 is 0 Å². The summed E-state index contributed by atoms with van der Waals surface area (Å²) in [4.78, 5) is 11.5. The Balaban J connectivity index is 1.76. The molecule has 0 saturated carbocycles. The second-order valence-corrected chi connectivity index (χ2v) is 3.36. The van der Waals surface area contributed by atoms with E-state index in [0.29, 0.717) is 18.7 Å². The third-order valence-corrected chi connectivity index (χ3v) is 2.13. The first-order chi connectivity index (χ1) is 7.34. The van der Waals surface area contributed by atoms with Gasteiger partial charge in [0, 0.05) is 13.1 Å². The van der Waals surface area contributed by atoms with Gasteiger partial charge in [-0.1, -0.05) is 5.16 Å². The topological polar surface area (TPSA) is 76.4 Å². The molecule has 0 aromatic carbocycles. The van der Waals surface area contributed by atoms with Crippen molar-refractivity contribution in [2.75, 3.05) is 25.0 Å². The summed E-state index contributed by atoms with van der Waals surface area (Å²) in [5.41, 5.74) is 0.573. The van der Waals surface area contributed by atoms with E-state index < -0.39 is 0 Å². The third-order valence-electron chi connectivity index (χ3n) is 2.13. The lowest BCUT2D eigenvalue weighted by atomic mass is 10.2. The number of anilines is 1. The van der Waals surface area contributed by atoms with Crippen molar-refractivity contribution in [1.29, 1.82) is 0 Å². The van der Waals surface area contributed by atoms with E-state index in [0.717, 1.165) is 13.1 Å². The third kappa shape index (κ3) is 3.03. The molecule has 0 bridgehead atoms. The molecule has 2 N–H and O–H groups in total. The zero-order chi connectivity index (χ0) is 10.5. The first-order valence-corrected chi connectivity index (χ1v) is 4.86. The highest BCUT2D eigenvalue weighted by molar-refractivity contribution is 5.90. The minimum atomic E-state index is -0.0908. The number of aromatic nitrogens is 1. The van der Waals surface area contributed by atoms with Crippen LogP contribution in [0.2, 0.25) is 0 Å². The van der Waals surface area contributed by atoms with Gasteiger partial charge >= 0.3 is 0 Å². The van der Waals surface area contributed by atoms with Crippen LogP contribution in [0.1, 0.15) is 6.42 Å². The van der Waals surface area contributed by atoms with Crippen LogP contribution in [0.5, 0.6) is 0 Å². The molecule has 6 heteroatoms. The quantitative estimate of drug-likeness (QED) is 0.735. The number of nitrogens with zero attached hydrogens (tertiary/aromatic N) is 1. The van der Waals surface area contributed by atoms with Crippen LogP contribution in [0.15, 0.2) is 17.0 Å². The van der Waals surface area contributed by atoms with E-state index in [1.54, 1.807) is 0 Å². The highest BCUT2D eigenvalue weighted by Crippen LogP contribution is 2.07. The van der Waals surface area contributed by atoms with E-state index in [4.69, 9.17) is 4.74 Å². The molecule has 1 aromatic heterocycles. The number of carbonyl (C=O) groups is 1. The normalized spacial score (nSPS) is 21.2. The Morgan fingerprint density at radius 3 is 3.33 bits per heavy atom. The van der Waals surface area contributed by atoms with E-state index in [-0.39, 0.29) is 12.0 Å². The van der Waals surface area contributed by atoms with Crippen molar-refractivity contribution in [2.45, 2.75) is 12.5 Å². The summed E-state index contributed by atoms with van der Waals surface area (Å²) in [6.45, 7) is 2.23. The molecule has 1 fully saturated rings. The molecule has 1 unspecified atom stereocenters.